The third-order valence-electron chi connectivity index (χ3n) is 3.57. The molecule has 0 saturated heterocycles. The Hall–Kier alpha value is -2.08. The highest BCUT2D eigenvalue weighted by Gasteiger charge is 2.08. The summed E-state index contributed by atoms with van der Waals surface area (Å²) in [5.74, 6) is 0.230. The summed E-state index contributed by atoms with van der Waals surface area (Å²) < 4.78 is 6.59. The molecule has 3 rings (SSSR count). The number of amides is 1. The summed E-state index contributed by atoms with van der Waals surface area (Å²) in [6.45, 7) is -0.167. The molecule has 0 fully saturated rings. The minimum atomic E-state index is -0.392. The number of benzene rings is 3. The summed E-state index contributed by atoms with van der Waals surface area (Å²) in [4.78, 5) is 12.0. The molecule has 1 N–H and O–H groups in total. The van der Waals surface area contributed by atoms with Crippen molar-refractivity contribution in [1.29, 1.82) is 0 Å². The van der Waals surface area contributed by atoms with Crippen LogP contribution in [0.1, 0.15) is 5.56 Å². The maximum Gasteiger partial charge on any atom is 0.277 e. The minimum Gasteiger partial charge on any atom is -0.483 e. The smallest absolute Gasteiger partial charge is 0.277 e. The van der Waals surface area contributed by atoms with Gasteiger partial charge in [-0.2, -0.15) is 5.10 Å². The highest BCUT2D eigenvalue weighted by Crippen LogP contribution is 2.31. The zero-order valence-corrected chi connectivity index (χ0v) is 16.5. The number of hydrazone groups is 1. The largest absolute Gasteiger partial charge is 0.483 e. The van der Waals surface area contributed by atoms with Gasteiger partial charge in [-0.25, -0.2) is 5.43 Å². The van der Waals surface area contributed by atoms with Crippen molar-refractivity contribution in [1.82, 2.24) is 5.43 Å². The van der Waals surface area contributed by atoms with Gasteiger partial charge in [0, 0.05) is 15.4 Å². The van der Waals surface area contributed by atoms with Crippen LogP contribution in [0.4, 0.5) is 0 Å². The van der Waals surface area contributed by atoms with Gasteiger partial charge in [-0.15, -0.1) is 0 Å². The fourth-order valence-corrected chi connectivity index (χ4v) is 3.31. The van der Waals surface area contributed by atoms with E-state index in [-0.39, 0.29) is 6.61 Å². The average molecular weight is 452 g/mol. The van der Waals surface area contributed by atoms with Gasteiger partial charge in [0.05, 0.1) is 16.3 Å². The van der Waals surface area contributed by atoms with Crippen LogP contribution >= 0.6 is 39.1 Å². The van der Waals surface area contributed by atoms with Gasteiger partial charge in [-0.3, -0.25) is 4.79 Å². The molecule has 0 aliphatic heterocycles. The van der Waals surface area contributed by atoms with Crippen molar-refractivity contribution in [2.24, 2.45) is 5.10 Å². The predicted octanol–water partition coefficient (Wildman–Crippen LogP) is 5.44. The lowest BCUT2D eigenvalue weighted by Gasteiger charge is -2.09. The number of hydrogen-bond donors (Lipinski definition) is 1. The quantitative estimate of drug-likeness (QED) is 0.414. The van der Waals surface area contributed by atoms with Crippen molar-refractivity contribution in [2.45, 2.75) is 0 Å². The first-order valence-electron chi connectivity index (χ1n) is 7.62. The monoisotopic (exact) mass is 450 g/mol. The molecule has 26 heavy (non-hydrogen) atoms. The van der Waals surface area contributed by atoms with Gasteiger partial charge in [-0.1, -0.05) is 69.5 Å². The fraction of sp³-hybridized carbons (Fsp3) is 0.0526. The Labute approximate surface area is 168 Å². The summed E-state index contributed by atoms with van der Waals surface area (Å²) >= 11 is 15.6. The molecule has 0 saturated carbocycles. The molecule has 0 aliphatic rings. The number of fused-ring (bicyclic) bond motifs is 1. The normalized spacial score (nSPS) is 11.0. The predicted molar refractivity (Wildman–Crippen MR) is 109 cm³/mol. The highest BCUT2D eigenvalue weighted by atomic mass is 79.9. The number of carbonyl (C=O) groups excluding carboxylic acids is 1. The number of nitrogens with one attached hydrogen (secondary N) is 1. The highest BCUT2D eigenvalue weighted by molar-refractivity contribution is 9.10. The van der Waals surface area contributed by atoms with Crippen LogP contribution in [0, 0.1) is 0 Å². The Kier molecular flexibility index (Phi) is 6.14. The molecule has 132 valence electrons. The van der Waals surface area contributed by atoms with Gasteiger partial charge in [0.1, 0.15) is 5.75 Å². The van der Waals surface area contributed by atoms with Gasteiger partial charge in [0.15, 0.2) is 6.61 Å². The summed E-state index contributed by atoms with van der Waals surface area (Å²) in [7, 11) is 0. The van der Waals surface area contributed by atoms with Crippen molar-refractivity contribution < 1.29 is 9.53 Å². The molecule has 0 aromatic heterocycles. The summed E-state index contributed by atoms with van der Waals surface area (Å²) in [6, 6.07) is 16.6. The summed E-state index contributed by atoms with van der Waals surface area (Å²) in [6.07, 6.45) is 1.40. The maximum absolute atomic E-state index is 12.0. The topological polar surface area (TPSA) is 50.7 Å². The zero-order valence-electron chi connectivity index (χ0n) is 13.4. The first-order chi connectivity index (χ1) is 12.6. The van der Waals surface area contributed by atoms with E-state index in [1.165, 1.54) is 6.21 Å². The molecule has 1 amide bonds. The number of halogens is 3. The van der Waals surface area contributed by atoms with E-state index in [4.69, 9.17) is 27.9 Å². The first kappa shape index (κ1) is 18.7. The van der Waals surface area contributed by atoms with E-state index < -0.39 is 5.91 Å². The lowest BCUT2D eigenvalue weighted by Crippen LogP contribution is -2.24. The number of nitrogens with zero attached hydrogens (tertiary/aromatic N) is 1. The molecule has 3 aromatic rings. The molecule has 3 aromatic carbocycles. The summed E-state index contributed by atoms with van der Waals surface area (Å²) in [5, 5.41) is 6.70. The second-order valence-electron chi connectivity index (χ2n) is 5.31. The minimum absolute atomic E-state index is 0.167. The molecule has 7 heteroatoms. The average Bonchev–Trinajstić information content (AvgIpc) is 2.64. The van der Waals surface area contributed by atoms with E-state index in [9.17, 15) is 4.79 Å². The van der Waals surface area contributed by atoms with Crippen molar-refractivity contribution in [3.8, 4) is 5.75 Å². The van der Waals surface area contributed by atoms with E-state index >= 15 is 0 Å². The number of carbonyl (C=O) groups is 1. The number of hydrogen-bond acceptors (Lipinski definition) is 3. The Balaban J connectivity index is 1.63. The molecule has 0 spiro atoms. The standard InChI is InChI=1S/C19H13BrCl2N2O2/c20-15-8-9-18(13-5-2-1-4-12(13)15)26-11-19(25)24-23-10-14-16(21)6-3-7-17(14)22/h1-10H,11H2,(H,24,25). The Bertz CT molecular complexity index is 972. The van der Waals surface area contributed by atoms with Gasteiger partial charge < -0.3 is 4.74 Å². The SMILES string of the molecule is O=C(COc1ccc(Br)c2ccccc12)NN=Cc1c(Cl)cccc1Cl. The van der Waals surface area contributed by atoms with Crippen LogP contribution in [-0.2, 0) is 4.79 Å². The lowest BCUT2D eigenvalue weighted by atomic mass is 10.1. The van der Waals surface area contributed by atoms with Crippen LogP contribution < -0.4 is 10.2 Å². The Morgan fingerprint density at radius 2 is 1.73 bits per heavy atom. The van der Waals surface area contributed by atoms with E-state index in [1.807, 2.05) is 36.4 Å². The van der Waals surface area contributed by atoms with Gasteiger partial charge in [-0.05, 0) is 29.7 Å². The van der Waals surface area contributed by atoms with Gasteiger partial charge >= 0.3 is 0 Å². The van der Waals surface area contributed by atoms with Gasteiger partial charge in [0.2, 0.25) is 0 Å². The number of rotatable bonds is 5. The Morgan fingerprint density at radius 3 is 2.46 bits per heavy atom. The molecule has 0 radical (unpaired) electrons. The van der Waals surface area contributed by atoms with E-state index in [1.54, 1.807) is 18.2 Å². The second-order valence-corrected chi connectivity index (χ2v) is 6.98. The zero-order chi connectivity index (χ0) is 18.5. The van der Waals surface area contributed by atoms with E-state index in [2.05, 4.69) is 26.5 Å². The van der Waals surface area contributed by atoms with Crippen molar-refractivity contribution in [2.75, 3.05) is 6.61 Å². The molecule has 0 heterocycles. The molecule has 0 bridgehead atoms. The van der Waals surface area contributed by atoms with E-state index in [0.717, 1.165) is 15.2 Å². The molecule has 4 nitrogen and oxygen atoms in total. The van der Waals surface area contributed by atoms with Crippen molar-refractivity contribution in [3.63, 3.8) is 0 Å². The third-order valence-corrected chi connectivity index (χ3v) is 4.92. The van der Waals surface area contributed by atoms with Gasteiger partial charge in [0.25, 0.3) is 5.91 Å². The molecular formula is C19H13BrCl2N2O2. The molecule has 0 atom stereocenters. The van der Waals surface area contributed by atoms with Crippen LogP contribution in [0.5, 0.6) is 5.75 Å². The first-order valence-corrected chi connectivity index (χ1v) is 9.17. The van der Waals surface area contributed by atoms with Crippen LogP contribution in [-0.4, -0.2) is 18.7 Å². The van der Waals surface area contributed by atoms with E-state index in [0.29, 0.717) is 21.4 Å². The van der Waals surface area contributed by atoms with Crippen molar-refractivity contribution in [3.05, 3.63) is 74.7 Å². The lowest BCUT2D eigenvalue weighted by molar-refractivity contribution is -0.123. The molecule has 0 unspecified atom stereocenters. The fourth-order valence-electron chi connectivity index (χ4n) is 2.34. The van der Waals surface area contributed by atoms with Crippen LogP contribution in [0.3, 0.4) is 0 Å². The third kappa shape index (κ3) is 4.36. The molecular weight excluding hydrogens is 439 g/mol. The van der Waals surface area contributed by atoms with Crippen molar-refractivity contribution >= 4 is 62.0 Å². The maximum atomic E-state index is 12.0. The summed E-state index contributed by atoms with van der Waals surface area (Å²) in [5.41, 5.74) is 2.93. The van der Waals surface area contributed by atoms with Crippen LogP contribution in [0.25, 0.3) is 10.8 Å². The van der Waals surface area contributed by atoms with Crippen LogP contribution in [0.15, 0.2) is 64.2 Å². The number of ether oxygens (including phenoxy) is 1. The Morgan fingerprint density at radius 1 is 1.04 bits per heavy atom. The second kappa shape index (κ2) is 8.54. The van der Waals surface area contributed by atoms with Crippen LogP contribution in [0.2, 0.25) is 10.0 Å². The molecule has 0 aliphatic carbocycles.